The molecule has 1 saturated carbocycles. The van der Waals surface area contributed by atoms with Crippen molar-refractivity contribution in [1.82, 2.24) is 0 Å². The van der Waals surface area contributed by atoms with E-state index in [1.54, 1.807) is 6.07 Å². The van der Waals surface area contributed by atoms with Gasteiger partial charge in [-0.3, -0.25) is 4.79 Å². The van der Waals surface area contributed by atoms with Crippen molar-refractivity contribution >= 4 is 21.7 Å². The minimum absolute atomic E-state index is 0.101. The molecule has 2 N–H and O–H groups in total. The molecule has 0 atom stereocenters. The highest BCUT2D eigenvalue weighted by Gasteiger charge is 2.36. The molecule has 0 spiro atoms. The quantitative estimate of drug-likeness (QED) is 0.850. The number of ketones is 1. The maximum atomic E-state index is 13.6. The lowest BCUT2D eigenvalue weighted by molar-refractivity contribution is 0.0843. The van der Waals surface area contributed by atoms with Gasteiger partial charge in [0.1, 0.15) is 5.82 Å². The summed E-state index contributed by atoms with van der Waals surface area (Å²) in [5, 5.41) is 0. The van der Waals surface area contributed by atoms with E-state index in [1.807, 2.05) is 0 Å². The van der Waals surface area contributed by atoms with E-state index in [0.29, 0.717) is 17.3 Å². The van der Waals surface area contributed by atoms with Gasteiger partial charge in [-0.1, -0.05) is 35.2 Å². The van der Waals surface area contributed by atoms with Gasteiger partial charge in [0.15, 0.2) is 5.78 Å². The topological polar surface area (TPSA) is 43.1 Å². The molecular weight excluding hydrogens is 285 g/mol. The van der Waals surface area contributed by atoms with Crippen molar-refractivity contribution in [3.8, 4) is 0 Å². The fraction of sp³-hybridized carbons (Fsp3) is 0.462. The summed E-state index contributed by atoms with van der Waals surface area (Å²) >= 11 is 3.25. The lowest BCUT2D eigenvalue weighted by Gasteiger charge is -2.31. The molecule has 92 valence electrons. The smallest absolute Gasteiger partial charge is 0.185 e. The third-order valence-corrected chi connectivity index (χ3v) is 3.86. The molecule has 17 heavy (non-hydrogen) atoms. The highest BCUT2D eigenvalue weighted by Crippen LogP contribution is 2.30. The van der Waals surface area contributed by atoms with Crippen LogP contribution in [0.4, 0.5) is 4.39 Å². The second-order valence-electron chi connectivity index (χ2n) is 4.67. The van der Waals surface area contributed by atoms with Crippen LogP contribution < -0.4 is 5.73 Å². The Kier molecular flexibility index (Phi) is 3.64. The fourth-order valence-corrected chi connectivity index (χ4v) is 2.71. The average molecular weight is 300 g/mol. The number of hydrogen-bond acceptors (Lipinski definition) is 2. The van der Waals surface area contributed by atoms with E-state index in [2.05, 4.69) is 15.9 Å². The van der Waals surface area contributed by atoms with Gasteiger partial charge in [-0.15, -0.1) is 0 Å². The van der Waals surface area contributed by atoms with Crippen molar-refractivity contribution in [2.24, 2.45) is 5.73 Å². The Balaban J connectivity index is 2.32. The molecule has 0 radical (unpaired) electrons. The summed E-state index contributed by atoms with van der Waals surface area (Å²) in [5.41, 5.74) is 5.35. The highest BCUT2D eigenvalue weighted by molar-refractivity contribution is 9.10. The van der Waals surface area contributed by atoms with Gasteiger partial charge in [-0.25, -0.2) is 4.39 Å². The van der Waals surface area contributed by atoms with Crippen molar-refractivity contribution in [3.05, 3.63) is 34.1 Å². The Morgan fingerprint density at radius 1 is 1.29 bits per heavy atom. The van der Waals surface area contributed by atoms with Gasteiger partial charge in [-0.05, 0) is 31.0 Å². The van der Waals surface area contributed by atoms with Gasteiger partial charge in [0.2, 0.25) is 0 Å². The summed E-state index contributed by atoms with van der Waals surface area (Å²) in [6.45, 7) is 0. The molecule has 0 heterocycles. The molecule has 4 heteroatoms. The number of carbonyl (C=O) groups is 1. The largest absolute Gasteiger partial charge is 0.319 e. The van der Waals surface area contributed by atoms with Crippen molar-refractivity contribution in [2.45, 2.75) is 37.6 Å². The van der Waals surface area contributed by atoms with Gasteiger partial charge in [-0.2, -0.15) is 0 Å². The number of carbonyl (C=O) groups excluding carboxylic acids is 1. The van der Waals surface area contributed by atoms with Crippen molar-refractivity contribution in [3.63, 3.8) is 0 Å². The Labute approximate surface area is 109 Å². The Bertz CT molecular complexity index is 441. The number of halogens is 2. The predicted molar refractivity (Wildman–Crippen MR) is 68.4 cm³/mol. The van der Waals surface area contributed by atoms with Crippen LogP contribution in [0.2, 0.25) is 0 Å². The zero-order valence-corrected chi connectivity index (χ0v) is 11.1. The molecule has 1 fully saturated rings. The molecule has 0 bridgehead atoms. The molecule has 1 aliphatic rings. The lowest BCUT2D eigenvalue weighted by Crippen LogP contribution is -2.49. The molecule has 2 rings (SSSR count). The van der Waals surface area contributed by atoms with Gasteiger partial charge < -0.3 is 5.73 Å². The number of rotatable bonds is 2. The van der Waals surface area contributed by atoms with E-state index in [-0.39, 0.29) is 11.3 Å². The minimum Gasteiger partial charge on any atom is -0.319 e. The molecule has 1 aromatic carbocycles. The zero-order valence-electron chi connectivity index (χ0n) is 9.51. The molecule has 1 aromatic rings. The number of Topliss-reactive ketones (excluding diaryl/α,β-unsaturated/α-hetero) is 1. The first kappa shape index (κ1) is 12.7. The van der Waals surface area contributed by atoms with E-state index < -0.39 is 11.4 Å². The molecule has 2 nitrogen and oxygen atoms in total. The van der Waals surface area contributed by atoms with Crippen molar-refractivity contribution < 1.29 is 9.18 Å². The summed E-state index contributed by atoms with van der Waals surface area (Å²) in [6, 6.07) is 4.39. The van der Waals surface area contributed by atoms with Crippen molar-refractivity contribution in [1.29, 1.82) is 0 Å². The Morgan fingerprint density at radius 2 is 1.94 bits per heavy atom. The number of hydrogen-bond donors (Lipinski definition) is 1. The van der Waals surface area contributed by atoms with Crippen LogP contribution in [0, 0.1) is 5.82 Å². The third kappa shape index (κ3) is 2.58. The van der Waals surface area contributed by atoms with E-state index >= 15 is 0 Å². The van der Waals surface area contributed by atoms with Crippen LogP contribution in [0.15, 0.2) is 22.7 Å². The standard InChI is InChI=1S/C13H15BrFNO/c14-9-4-5-11(15)10(8-9)12(17)13(16)6-2-1-3-7-13/h4-5,8H,1-3,6-7,16H2. The molecule has 0 aromatic heterocycles. The maximum Gasteiger partial charge on any atom is 0.185 e. The van der Waals surface area contributed by atoms with Crippen LogP contribution in [0.5, 0.6) is 0 Å². The van der Waals surface area contributed by atoms with Crippen LogP contribution in [0.3, 0.4) is 0 Å². The van der Waals surface area contributed by atoms with Crippen molar-refractivity contribution in [2.75, 3.05) is 0 Å². The summed E-state index contributed by atoms with van der Waals surface area (Å²) in [6.07, 6.45) is 4.29. The molecule has 0 amide bonds. The second-order valence-corrected chi connectivity index (χ2v) is 5.59. The number of benzene rings is 1. The van der Waals surface area contributed by atoms with Crippen LogP contribution in [0.25, 0.3) is 0 Å². The van der Waals surface area contributed by atoms with Crippen LogP contribution in [0.1, 0.15) is 42.5 Å². The molecule has 0 saturated heterocycles. The second kappa shape index (κ2) is 4.86. The van der Waals surface area contributed by atoms with Gasteiger partial charge >= 0.3 is 0 Å². The summed E-state index contributed by atoms with van der Waals surface area (Å²) in [5.74, 6) is -0.760. The molecule has 0 unspecified atom stereocenters. The third-order valence-electron chi connectivity index (χ3n) is 3.37. The molecule has 1 aliphatic carbocycles. The molecular formula is C13H15BrFNO. The zero-order chi connectivity index (χ0) is 12.5. The van der Waals surface area contributed by atoms with Crippen LogP contribution in [-0.4, -0.2) is 11.3 Å². The van der Waals surface area contributed by atoms with E-state index in [4.69, 9.17) is 5.73 Å². The normalized spacial score (nSPS) is 19.0. The van der Waals surface area contributed by atoms with Gasteiger partial charge in [0, 0.05) is 4.47 Å². The SMILES string of the molecule is NC1(C(=O)c2cc(Br)ccc2F)CCCCC1. The first-order chi connectivity index (χ1) is 8.03. The predicted octanol–water partition coefficient (Wildman–Crippen LogP) is 3.43. The van der Waals surface area contributed by atoms with E-state index in [0.717, 1.165) is 19.3 Å². The summed E-state index contributed by atoms with van der Waals surface area (Å²) < 4.78 is 14.3. The minimum atomic E-state index is -0.875. The van der Waals surface area contributed by atoms with E-state index in [1.165, 1.54) is 12.1 Å². The lowest BCUT2D eigenvalue weighted by atomic mass is 9.77. The first-order valence-electron chi connectivity index (χ1n) is 5.82. The first-order valence-corrected chi connectivity index (χ1v) is 6.61. The van der Waals surface area contributed by atoms with Crippen LogP contribution >= 0.6 is 15.9 Å². The Hall–Kier alpha value is -0.740. The maximum absolute atomic E-state index is 13.6. The summed E-state index contributed by atoms with van der Waals surface area (Å²) in [4.78, 5) is 12.3. The summed E-state index contributed by atoms with van der Waals surface area (Å²) in [7, 11) is 0. The fourth-order valence-electron chi connectivity index (χ4n) is 2.35. The Morgan fingerprint density at radius 3 is 2.59 bits per heavy atom. The monoisotopic (exact) mass is 299 g/mol. The average Bonchev–Trinajstić information content (AvgIpc) is 2.32. The molecule has 0 aliphatic heterocycles. The number of nitrogens with two attached hydrogens (primary N) is 1. The van der Waals surface area contributed by atoms with E-state index in [9.17, 15) is 9.18 Å². The van der Waals surface area contributed by atoms with Crippen LogP contribution in [-0.2, 0) is 0 Å². The van der Waals surface area contributed by atoms with Gasteiger partial charge in [0.25, 0.3) is 0 Å². The highest BCUT2D eigenvalue weighted by atomic mass is 79.9. The van der Waals surface area contributed by atoms with Gasteiger partial charge in [0.05, 0.1) is 11.1 Å².